The third-order valence-corrected chi connectivity index (χ3v) is 8.19. The predicted molar refractivity (Wildman–Crippen MR) is 126 cm³/mol. The molecule has 0 unspecified atom stereocenters. The van der Waals surface area contributed by atoms with E-state index in [1.54, 1.807) is 30.3 Å². The third kappa shape index (κ3) is 3.15. The molecule has 7 atom stereocenters. The summed E-state index contributed by atoms with van der Waals surface area (Å²) in [5, 5.41) is 12.9. The molecule has 36 heavy (non-hydrogen) atoms. The number of nitrogens with zero attached hydrogens (tertiary/aromatic N) is 3. The molecule has 5 aliphatic rings. The summed E-state index contributed by atoms with van der Waals surface area (Å²) < 4.78 is 0. The SMILES string of the molecule is C[C@H](C(=O)c1ccccc1)N(C(=O)c1ccc([N+](=O)[O-])cc1)N1C(=O)[C@@H]2[C@H]3C=C[C@@H]([C@@H]4C[C@@H]34)[C@@H]2C1=O. The molecule has 0 N–H and O–H groups in total. The van der Waals surface area contributed by atoms with Crippen molar-refractivity contribution in [3.8, 4) is 0 Å². The monoisotopic (exact) mass is 485 g/mol. The van der Waals surface area contributed by atoms with E-state index in [0.717, 1.165) is 16.4 Å². The maximum absolute atomic E-state index is 13.8. The highest BCUT2D eigenvalue weighted by Gasteiger charge is 2.68. The van der Waals surface area contributed by atoms with Gasteiger partial charge in [0.15, 0.2) is 5.78 Å². The molecule has 2 aromatic rings. The molecule has 1 saturated heterocycles. The van der Waals surface area contributed by atoms with E-state index in [4.69, 9.17) is 0 Å². The topological polar surface area (TPSA) is 118 Å². The number of Topliss-reactive ketones (excluding diaryl/α,β-unsaturated/α-hetero) is 1. The molecule has 4 aliphatic carbocycles. The molecule has 0 aromatic heterocycles. The van der Waals surface area contributed by atoms with Crippen molar-refractivity contribution in [2.75, 3.05) is 0 Å². The number of nitro groups is 1. The molecule has 1 heterocycles. The Labute approximate surface area is 206 Å². The largest absolute Gasteiger partial charge is 0.292 e. The predicted octanol–water partition coefficient (Wildman–Crippen LogP) is 3.28. The number of amides is 3. The van der Waals surface area contributed by atoms with E-state index < -0.39 is 46.3 Å². The van der Waals surface area contributed by atoms with Crippen LogP contribution in [0.2, 0.25) is 0 Å². The minimum atomic E-state index is -1.16. The highest BCUT2D eigenvalue weighted by atomic mass is 16.6. The molecule has 9 nitrogen and oxygen atoms in total. The van der Waals surface area contributed by atoms with Crippen molar-refractivity contribution in [2.45, 2.75) is 19.4 Å². The number of imide groups is 1. The van der Waals surface area contributed by atoms with Crippen LogP contribution in [0.3, 0.4) is 0 Å². The van der Waals surface area contributed by atoms with E-state index in [-0.39, 0.29) is 23.1 Å². The van der Waals surface area contributed by atoms with Crippen LogP contribution in [0, 0.1) is 45.6 Å². The van der Waals surface area contributed by atoms with E-state index in [2.05, 4.69) is 0 Å². The molecular formula is C27H23N3O6. The number of hydrogen-bond acceptors (Lipinski definition) is 6. The van der Waals surface area contributed by atoms with Crippen molar-refractivity contribution in [3.63, 3.8) is 0 Å². The van der Waals surface area contributed by atoms with E-state index in [1.807, 2.05) is 12.2 Å². The Morgan fingerprint density at radius 1 is 0.917 bits per heavy atom. The Kier molecular flexibility index (Phi) is 4.93. The van der Waals surface area contributed by atoms with Gasteiger partial charge in [-0.15, -0.1) is 0 Å². The molecule has 0 radical (unpaired) electrons. The van der Waals surface area contributed by atoms with Gasteiger partial charge in [0.25, 0.3) is 23.4 Å². The van der Waals surface area contributed by atoms with Crippen molar-refractivity contribution in [3.05, 3.63) is 88.0 Å². The molecule has 0 spiro atoms. The van der Waals surface area contributed by atoms with Gasteiger partial charge in [0.1, 0.15) is 6.04 Å². The lowest BCUT2D eigenvalue weighted by atomic mass is 9.63. The summed E-state index contributed by atoms with van der Waals surface area (Å²) in [6.45, 7) is 1.49. The summed E-state index contributed by atoms with van der Waals surface area (Å²) in [6, 6.07) is 12.1. The summed E-state index contributed by atoms with van der Waals surface area (Å²) in [4.78, 5) is 65.2. The van der Waals surface area contributed by atoms with Crippen molar-refractivity contribution < 1.29 is 24.1 Å². The molecular weight excluding hydrogens is 462 g/mol. The second kappa shape index (κ2) is 7.94. The Hall–Kier alpha value is -4.14. The van der Waals surface area contributed by atoms with Gasteiger partial charge in [0, 0.05) is 23.3 Å². The zero-order valence-electron chi connectivity index (χ0n) is 19.4. The van der Waals surface area contributed by atoms with Crippen LogP contribution in [-0.2, 0) is 9.59 Å². The smallest absolute Gasteiger partial charge is 0.273 e. The Balaban J connectivity index is 1.40. The number of carbonyl (C=O) groups excluding carboxylic acids is 4. The summed E-state index contributed by atoms with van der Waals surface area (Å²) in [5.74, 6) is -2.47. The zero-order chi connectivity index (χ0) is 25.3. The van der Waals surface area contributed by atoms with E-state index in [0.29, 0.717) is 17.4 Å². The van der Waals surface area contributed by atoms with E-state index in [9.17, 15) is 29.3 Å². The van der Waals surface area contributed by atoms with E-state index in [1.165, 1.54) is 31.2 Å². The normalized spacial score (nSPS) is 30.0. The number of rotatable bonds is 6. The van der Waals surface area contributed by atoms with Gasteiger partial charge < -0.3 is 0 Å². The average molecular weight is 485 g/mol. The first-order chi connectivity index (χ1) is 17.3. The van der Waals surface area contributed by atoms with Crippen molar-refractivity contribution in [1.29, 1.82) is 0 Å². The molecule has 2 bridgehead atoms. The fraction of sp³-hybridized carbons (Fsp3) is 0.333. The van der Waals surface area contributed by atoms with Gasteiger partial charge in [-0.25, -0.2) is 5.01 Å². The van der Waals surface area contributed by atoms with Crippen LogP contribution in [0.1, 0.15) is 34.1 Å². The van der Waals surface area contributed by atoms with Crippen LogP contribution in [0.15, 0.2) is 66.7 Å². The number of carbonyl (C=O) groups is 4. The van der Waals surface area contributed by atoms with Crippen molar-refractivity contribution in [2.24, 2.45) is 35.5 Å². The summed E-state index contributed by atoms with van der Waals surface area (Å²) in [5.41, 5.74) is 0.173. The summed E-state index contributed by atoms with van der Waals surface area (Å²) in [6.07, 6.45) is 5.08. The van der Waals surface area contributed by atoms with Crippen molar-refractivity contribution >= 4 is 29.2 Å². The Bertz CT molecular complexity index is 1300. The lowest BCUT2D eigenvalue weighted by Gasteiger charge is -2.37. The number of non-ortho nitro benzene ring substituents is 1. The van der Waals surface area contributed by atoms with E-state index >= 15 is 0 Å². The Morgan fingerprint density at radius 2 is 1.47 bits per heavy atom. The molecule has 3 fully saturated rings. The van der Waals surface area contributed by atoms with Gasteiger partial charge in [-0.1, -0.05) is 42.5 Å². The number of ketones is 1. The molecule has 7 rings (SSSR count). The second-order valence-corrected chi connectivity index (χ2v) is 10.0. The average Bonchev–Trinajstić information content (AvgIpc) is 3.68. The van der Waals surface area contributed by atoms with Gasteiger partial charge in [0.2, 0.25) is 0 Å². The summed E-state index contributed by atoms with van der Waals surface area (Å²) in [7, 11) is 0. The molecule has 2 saturated carbocycles. The number of nitro benzene ring substituents is 1. The quantitative estimate of drug-likeness (QED) is 0.204. The number of benzene rings is 2. The van der Waals surface area contributed by atoms with Gasteiger partial charge in [-0.05, 0) is 49.1 Å². The number of hydrazine groups is 1. The first kappa shape index (κ1) is 22.3. The standard InChI is InChI=1S/C27H23N3O6/c1-14(24(31)15-5-3-2-4-6-15)28(25(32)16-7-9-17(10-8-16)30(35)36)29-26(33)22-18-11-12-19(21-13-20(18)21)23(22)27(29)34/h2-12,14,18-23H,13H2,1H3/t14-,18+,19+,20+,21+,22-,23+/m1/s1. The van der Waals surface area contributed by atoms with Gasteiger partial charge in [-0.2, -0.15) is 5.01 Å². The lowest BCUT2D eigenvalue weighted by molar-refractivity contribution is -0.384. The maximum atomic E-state index is 13.8. The van der Waals surface area contributed by atoms with Gasteiger partial charge in [0.05, 0.1) is 16.8 Å². The molecule has 9 heteroatoms. The lowest BCUT2D eigenvalue weighted by Crippen LogP contribution is -2.56. The molecule has 182 valence electrons. The first-order valence-electron chi connectivity index (χ1n) is 12.0. The van der Waals surface area contributed by atoms with Gasteiger partial charge in [-0.3, -0.25) is 29.3 Å². The van der Waals surface area contributed by atoms with Crippen molar-refractivity contribution in [1.82, 2.24) is 10.0 Å². The fourth-order valence-corrected chi connectivity index (χ4v) is 6.41. The first-order valence-corrected chi connectivity index (χ1v) is 12.0. The van der Waals surface area contributed by atoms with Crippen LogP contribution in [-0.4, -0.2) is 44.5 Å². The van der Waals surface area contributed by atoms with Crippen LogP contribution < -0.4 is 0 Å². The van der Waals surface area contributed by atoms with Gasteiger partial charge >= 0.3 is 0 Å². The minimum absolute atomic E-state index is 0.0349. The van der Waals surface area contributed by atoms with Crippen LogP contribution in [0.4, 0.5) is 5.69 Å². The highest BCUT2D eigenvalue weighted by Crippen LogP contribution is 2.65. The molecule has 3 amide bonds. The fourth-order valence-electron chi connectivity index (χ4n) is 6.41. The second-order valence-electron chi connectivity index (χ2n) is 10.0. The maximum Gasteiger partial charge on any atom is 0.273 e. The highest BCUT2D eigenvalue weighted by molar-refractivity contribution is 6.11. The summed E-state index contributed by atoms with van der Waals surface area (Å²) >= 11 is 0. The molecule has 2 aromatic carbocycles. The minimum Gasteiger partial charge on any atom is -0.292 e. The van der Waals surface area contributed by atoms with Crippen LogP contribution in [0.5, 0.6) is 0 Å². The van der Waals surface area contributed by atoms with Crippen LogP contribution in [0.25, 0.3) is 0 Å². The number of allylic oxidation sites excluding steroid dienone is 2. The Morgan fingerprint density at radius 3 is 2.00 bits per heavy atom. The third-order valence-electron chi connectivity index (χ3n) is 8.19. The zero-order valence-corrected chi connectivity index (χ0v) is 19.4. The number of hydrogen-bond donors (Lipinski definition) is 0. The molecule has 1 aliphatic heterocycles. The van der Waals surface area contributed by atoms with Crippen LogP contribution >= 0.6 is 0 Å².